The summed E-state index contributed by atoms with van der Waals surface area (Å²) in [7, 11) is -1.48. The van der Waals surface area contributed by atoms with Gasteiger partial charge in [-0.25, -0.2) is 9.59 Å². The number of rotatable bonds is 8. The summed E-state index contributed by atoms with van der Waals surface area (Å²) in [6.07, 6.45) is 7.87. The summed E-state index contributed by atoms with van der Waals surface area (Å²) in [4.78, 5) is 26.7. The molecule has 6 heteroatoms. The van der Waals surface area contributed by atoms with E-state index in [2.05, 4.69) is 24.5 Å². The Morgan fingerprint density at radius 2 is 1.62 bits per heavy atom. The Balaban J connectivity index is 3.15. The van der Waals surface area contributed by atoms with Crippen molar-refractivity contribution in [1.29, 1.82) is 0 Å². The molecule has 0 bridgehead atoms. The number of carbonyl (C=O) groups excluding carboxylic acids is 2. The summed E-state index contributed by atoms with van der Waals surface area (Å²) >= 11 is 0. The standard InChI is InChI=1S/C18H33NO4Si/c1-6-22-17(20)13-16(18(21)23-7-2)19(14-24(3,4)5)15-11-9-8-10-12-15/h13,15H,6-12,14H2,1-5H3/b16-13+. The van der Waals surface area contributed by atoms with Crippen LogP contribution in [0.15, 0.2) is 11.8 Å². The van der Waals surface area contributed by atoms with Crippen molar-refractivity contribution in [3.63, 3.8) is 0 Å². The van der Waals surface area contributed by atoms with E-state index in [0.29, 0.717) is 25.0 Å². The summed E-state index contributed by atoms with van der Waals surface area (Å²) in [5.74, 6) is -0.897. The summed E-state index contributed by atoms with van der Waals surface area (Å²) in [6.45, 7) is 11.0. The minimum absolute atomic E-state index is 0.295. The molecule has 1 saturated carbocycles. The zero-order valence-corrected chi connectivity index (χ0v) is 16.9. The fourth-order valence-corrected chi connectivity index (χ4v) is 4.53. The van der Waals surface area contributed by atoms with E-state index in [4.69, 9.17) is 9.47 Å². The summed E-state index contributed by atoms with van der Waals surface area (Å²) in [5, 5.41) is 0. The highest BCUT2D eigenvalue weighted by Gasteiger charge is 2.31. The lowest BCUT2D eigenvalue weighted by atomic mass is 9.94. The van der Waals surface area contributed by atoms with Crippen molar-refractivity contribution >= 4 is 20.0 Å². The van der Waals surface area contributed by atoms with Crippen LogP contribution >= 0.6 is 0 Å². The van der Waals surface area contributed by atoms with Gasteiger partial charge in [-0.2, -0.15) is 0 Å². The Kier molecular flexibility index (Phi) is 8.52. The van der Waals surface area contributed by atoms with Gasteiger partial charge in [0.2, 0.25) is 0 Å². The smallest absolute Gasteiger partial charge is 0.354 e. The maximum absolute atomic E-state index is 12.5. The molecule has 1 aliphatic rings. The second-order valence-corrected chi connectivity index (χ2v) is 12.9. The molecule has 5 nitrogen and oxygen atoms in total. The number of hydrogen-bond acceptors (Lipinski definition) is 5. The van der Waals surface area contributed by atoms with Crippen LogP contribution in [-0.2, 0) is 19.1 Å². The van der Waals surface area contributed by atoms with Gasteiger partial charge >= 0.3 is 11.9 Å². The summed E-state index contributed by atoms with van der Waals surface area (Å²) in [5.41, 5.74) is 0.365. The molecule has 1 rings (SSSR count). The van der Waals surface area contributed by atoms with Crippen LogP contribution in [0.2, 0.25) is 19.6 Å². The SMILES string of the molecule is CCOC(=O)/C=C(\C(=O)OCC)N(C[Si](C)(C)C)C1CCCCC1. The first-order valence-corrected chi connectivity index (χ1v) is 12.8. The zero-order valence-electron chi connectivity index (χ0n) is 15.9. The molecule has 0 N–H and O–H groups in total. The van der Waals surface area contributed by atoms with Crippen LogP contribution in [-0.4, -0.2) is 50.3 Å². The van der Waals surface area contributed by atoms with E-state index in [1.54, 1.807) is 13.8 Å². The number of esters is 2. The molecule has 0 aromatic rings. The van der Waals surface area contributed by atoms with Gasteiger partial charge in [0.25, 0.3) is 0 Å². The van der Waals surface area contributed by atoms with Crippen molar-refractivity contribution in [3.8, 4) is 0 Å². The van der Waals surface area contributed by atoms with Gasteiger partial charge in [-0.05, 0) is 26.7 Å². The molecule has 1 fully saturated rings. The van der Waals surface area contributed by atoms with Crippen molar-refractivity contribution in [2.24, 2.45) is 0 Å². The second-order valence-electron chi connectivity index (χ2n) is 7.48. The number of ether oxygens (including phenoxy) is 2. The molecule has 0 spiro atoms. The van der Waals surface area contributed by atoms with Crippen LogP contribution in [0.25, 0.3) is 0 Å². The van der Waals surface area contributed by atoms with Crippen molar-refractivity contribution in [2.45, 2.75) is 71.6 Å². The third-order valence-corrected chi connectivity index (χ3v) is 5.28. The minimum atomic E-state index is -1.48. The minimum Gasteiger partial charge on any atom is -0.463 e. The van der Waals surface area contributed by atoms with E-state index in [-0.39, 0.29) is 0 Å². The van der Waals surface area contributed by atoms with Crippen LogP contribution in [0.3, 0.4) is 0 Å². The monoisotopic (exact) mass is 355 g/mol. The summed E-state index contributed by atoms with van der Waals surface area (Å²) in [6, 6.07) is 0.301. The zero-order chi connectivity index (χ0) is 18.2. The van der Waals surface area contributed by atoms with Gasteiger partial charge in [-0.15, -0.1) is 0 Å². The lowest BCUT2D eigenvalue weighted by molar-refractivity contribution is -0.142. The lowest BCUT2D eigenvalue weighted by Gasteiger charge is -2.39. The van der Waals surface area contributed by atoms with E-state index >= 15 is 0 Å². The normalized spacial score (nSPS) is 16.6. The van der Waals surface area contributed by atoms with Crippen LogP contribution in [0.5, 0.6) is 0 Å². The predicted molar refractivity (Wildman–Crippen MR) is 98.3 cm³/mol. The number of nitrogens with zero attached hydrogens (tertiary/aromatic N) is 1. The molecule has 0 aliphatic heterocycles. The highest BCUT2D eigenvalue weighted by Crippen LogP contribution is 2.27. The Bertz CT molecular complexity index is 450. The molecule has 0 radical (unpaired) electrons. The second kappa shape index (κ2) is 9.86. The lowest BCUT2D eigenvalue weighted by Crippen LogP contribution is -2.47. The number of hydrogen-bond donors (Lipinski definition) is 0. The summed E-state index contributed by atoms with van der Waals surface area (Å²) < 4.78 is 10.3. The molecule has 0 aromatic heterocycles. The van der Waals surface area contributed by atoms with Crippen LogP contribution < -0.4 is 0 Å². The first-order valence-electron chi connectivity index (χ1n) is 9.10. The fourth-order valence-electron chi connectivity index (χ4n) is 3.07. The Morgan fingerprint density at radius 1 is 1.04 bits per heavy atom. The molecule has 0 atom stereocenters. The molecular formula is C18H33NO4Si. The molecule has 0 unspecified atom stereocenters. The van der Waals surface area contributed by atoms with Gasteiger partial charge in [0.15, 0.2) is 0 Å². The van der Waals surface area contributed by atoms with E-state index in [1.165, 1.54) is 25.3 Å². The maximum Gasteiger partial charge on any atom is 0.354 e. The van der Waals surface area contributed by atoms with Crippen molar-refractivity contribution in [3.05, 3.63) is 11.8 Å². The largest absolute Gasteiger partial charge is 0.463 e. The topological polar surface area (TPSA) is 55.8 Å². The quantitative estimate of drug-likeness (QED) is 0.379. The average Bonchev–Trinajstić information content (AvgIpc) is 2.51. The average molecular weight is 356 g/mol. The molecule has 0 saturated heterocycles. The van der Waals surface area contributed by atoms with Crippen LogP contribution in [0.1, 0.15) is 46.0 Å². The van der Waals surface area contributed by atoms with Crippen LogP contribution in [0.4, 0.5) is 0 Å². The van der Waals surface area contributed by atoms with E-state index in [0.717, 1.165) is 19.0 Å². The molecular weight excluding hydrogens is 322 g/mol. The molecule has 0 aromatic carbocycles. The molecule has 1 aliphatic carbocycles. The van der Waals surface area contributed by atoms with Gasteiger partial charge < -0.3 is 14.4 Å². The van der Waals surface area contributed by atoms with Gasteiger partial charge in [-0.3, -0.25) is 0 Å². The van der Waals surface area contributed by atoms with Gasteiger partial charge in [-0.1, -0.05) is 38.9 Å². The van der Waals surface area contributed by atoms with Crippen molar-refractivity contribution < 1.29 is 19.1 Å². The first kappa shape index (κ1) is 20.7. The van der Waals surface area contributed by atoms with Crippen LogP contribution in [0, 0.1) is 0 Å². The van der Waals surface area contributed by atoms with Crippen molar-refractivity contribution in [1.82, 2.24) is 4.90 Å². The molecule has 0 amide bonds. The molecule has 24 heavy (non-hydrogen) atoms. The predicted octanol–water partition coefficient (Wildman–Crippen LogP) is 3.51. The van der Waals surface area contributed by atoms with Crippen molar-refractivity contribution in [2.75, 3.05) is 19.4 Å². The fraction of sp³-hybridized carbons (Fsp3) is 0.778. The van der Waals surface area contributed by atoms with E-state index in [1.807, 2.05) is 0 Å². The van der Waals surface area contributed by atoms with Gasteiger partial charge in [0.1, 0.15) is 5.70 Å². The molecule has 138 valence electrons. The van der Waals surface area contributed by atoms with E-state index in [9.17, 15) is 9.59 Å². The Hall–Kier alpha value is -1.30. The third kappa shape index (κ3) is 7.07. The van der Waals surface area contributed by atoms with Gasteiger partial charge in [0.05, 0.1) is 27.4 Å². The maximum atomic E-state index is 12.5. The highest BCUT2D eigenvalue weighted by atomic mass is 28.3. The number of carbonyl (C=O) groups is 2. The Morgan fingerprint density at radius 3 is 2.12 bits per heavy atom. The van der Waals surface area contributed by atoms with Gasteiger partial charge in [0, 0.05) is 12.2 Å². The van der Waals surface area contributed by atoms with E-state index < -0.39 is 20.0 Å². The first-order chi connectivity index (χ1) is 11.3. The molecule has 0 heterocycles. The highest BCUT2D eigenvalue weighted by molar-refractivity contribution is 6.76. The Labute approximate surface area is 147 Å². The third-order valence-electron chi connectivity index (χ3n) is 4.00.